The minimum absolute atomic E-state index is 0.296. The highest BCUT2D eigenvalue weighted by Crippen LogP contribution is 2.17. The number of hydrogen-bond acceptors (Lipinski definition) is 3. The molecule has 2 aliphatic rings. The molecule has 18 heavy (non-hydrogen) atoms. The van der Waals surface area contributed by atoms with Crippen LogP contribution in [0.15, 0.2) is 29.3 Å². The zero-order chi connectivity index (χ0) is 12.4. The maximum atomic E-state index is 5.73. The van der Waals surface area contributed by atoms with E-state index in [1.165, 1.54) is 17.5 Å². The van der Waals surface area contributed by atoms with Crippen molar-refractivity contribution >= 4 is 5.90 Å². The van der Waals surface area contributed by atoms with Crippen LogP contribution >= 0.6 is 0 Å². The van der Waals surface area contributed by atoms with Gasteiger partial charge in [-0.3, -0.25) is 0 Å². The van der Waals surface area contributed by atoms with Crippen molar-refractivity contribution in [2.45, 2.75) is 38.3 Å². The second kappa shape index (κ2) is 5.11. The van der Waals surface area contributed by atoms with E-state index in [0.29, 0.717) is 12.1 Å². The molecule has 96 valence electrons. The maximum Gasteiger partial charge on any atom is 0.201 e. The average molecular weight is 244 g/mol. The Morgan fingerprint density at radius 3 is 2.89 bits per heavy atom. The molecular weight excluding hydrogens is 224 g/mol. The van der Waals surface area contributed by atoms with Gasteiger partial charge < -0.3 is 10.1 Å². The minimum Gasteiger partial charge on any atom is -0.478 e. The van der Waals surface area contributed by atoms with Crippen LogP contribution in [0.2, 0.25) is 0 Å². The topological polar surface area (TPSA) is 33.6 Å². The number of rotatable bonds is 3. The molecule has 3 rings (SSSR count). The first-order chi connectivity index (χ1) is 8.81. The largest absolute Gasteiger partial charge is 0.478 e. The lowest BCUT2D eigenvalue weighted by Crippen LogP contribution is -2.30. The molecule has 1 aromatic rings. The predicted molar refractivity (Wildman–Crippen MR) is 73.1 cm³/mol. The molecule has 0 saturated carbocycles. The van der Waals surface area contributed by atoms with Crippen molar-refractivity contribution in [2.24, 2.45) is 4.99 Å². The molecule has 2 unspecified atom stereocenters. The van der Waals surface area contributed by atoms with Gasteiger partial charge in [-0.15, -0.1) is 0 Å². The first-order valence-corrected chi connectivity index (χ1v) is 6.81. The summed E-state index contributed by atoms with van der Waals surface area (Å²) >= 11 is 0. The Balaban J connectivity index is 1.62. The van der Waals surface area contributed by atoms with Crippen molar-refractivity contribution in [3.63, 3.8) is 0 Å². The summed E-state index contributed by atoms with van der Waals surface area (Å²) in [4.78, 5) is 4.72. The highest BCUT2D eigenvalue weighted by Gasteiger charge is 2.27. The van der Waals surface area contributed by atoms with E-state index in [-0.39, 0.29) is 0 Å². The van der Waals surface area contributed by atoms with Gasteiger partial charge in [0, 0.05) is 0 Å². The fourth-order valence-electron chi connectivity index (χ4n) is 2.62. The van der Waals surface area contributed by atoms with E-state index in [0.717, 1.165) is 31.9 Å². The lowest BCUT2D eigenvalue weighted by atomic mass is 10.1. The first-order valence-electron chi connectivity index (χ1n) is 6.81. The van der Waals surface area contributed by atoms with Crippen LogP contribution in [0.1, 0.15) is 24.0 Å². The van der Waals surface area contributed by atoms with Crippen molar-refractivity contribution in [2.75, 3.05) is 13.2 Å². The van der Waals surface area contributed by atoms with Gasteiger partial charge in [0.2, 0.25) is 5.90 Å². The van der Waals surface area contributed by atoms with Gasteiger partial charge in [-0.1, -0.05) is 29.8 Å². The van der Waals surface area contributed by atoms with Crippen molar-refractivity contribution < 1.29 is 4.74 Å². The van der Waals surface area contributed by atoms with Crippen LogP contribution in [0.25, 0.3) is 0 Å². The molecule has 2 atom stereocenters. The van der Waals surface area contributed by atoms with E-state index in [9.17, 15) is 0 Å². The Hall–Kier alpha value is -1.35. The van der Waals surface area contributed by atoms with Gasteiger partial charge >= 0.3 is 0 Å². The lowest BCUT2D eigenvalue weighted by molar-refractivity contribution is 0.302. The number of aliphatic imine (C=N–C) groups is 1. The molecule has 3 nitrogen and oxygen atoms in total. The highest BCUT2D eigenvalue weighted by atomic mass is 16.5. The fraction of sp³-hybridized carbons (Fsp3) is 0.533. The predicted octanol–water partition coefficient (Wildman–Crippen LogP) is 2.09. The number of nitrogens with one attached hydrogen (secondary N) is 1. The van der Waals surface area contributed by atoms with Gasteiger partial charge in [0.1, 0.15) is 6.61 Å². The molecule has 0 aliphatic carbocycles. The van der Waals surface area contributed by atoms with Crippen LogP contribution in [0.4, 0.5) is 0 Å². The van der Waals surface area contributed by atoms with Crippen LogP contribution in [-0.4, -0.2) is 31.1 Å². The molecule has 1 saturated heterocycles. The van der Waals surface area contributed by atoms with Crippen molar-refractivity contribution in [3.05, 3.63) is 35.4 Å². The van der Waals surface area contributed by atoms with Crippen LogP contribution < -0.4 is 5.32 Å². The van der Waals surface area contributed by atoms with Crippen LogP contribution in [0.3, 0.4) is 0 Å². The molecule has 0 radical (unpaired) electrons. The van der Waals surface area contributed by atoms with E-state index in [2.05, 4.69) is 36.5 Å². The fourth-order valence-corrected chi connectivity index (χ4v) is 2.62. The molecule has 0 bridgehead atoms. The molecule has 1 aromatic carbocycles. The standard InChI is InChI=1S/C15H20N2O/c1-11-4-6-12(7-5-11)9-13-10-18-15(17-13)14-3-2-8-16-14/h4-7,13-14,16H,2-3,8-10H2,1H3. The average Bonchev–Trinajstić information content (AvgIpc) is 3.02. The van der Waals surface area contributed by atoms with Gasteiger partial charge in [0.05, 0.1) is 12.1 Å². The van der Waals surface area contributed by atoms with Crippen molar-refractivity contribution in [3.8, 4) is 0 Å². The lowest BCUT2D eigenvalue weighted by Gasteiger charge is -2.08. The van der Waals surface area contributed by atoms with Gasteiger partial charge in [-0.25, -0.2) is 4.99 Å². The van der Waals surface area contributed by atoms with Gasteiger partial charge in [-0.2, -0.15) is 0 Å². The second-order valence-electron chi connectivity index (χ2n) is 5.27. The summed E-state index contributed by atoms with van der Waals surface area (Å²) in [5.41, 5.74) is 2.65. The summed E-state index contributed by atoms with van der Waals surface area (Å²) in [7, 11) is 0. The Labute approximate surface area is 108 Å². The van der Waals surface area contributed by atoms with E-state index < -0.39 is 0 Å². The Bertz CT molecular complexity index is 432. The van der Waals surface area contributed by atoms with Crippen LogP contribution in [0, 0.1) is 6.92 Å². The third-order valence-corrected chi connectivity index (χ3v) is 3.68. The van der Waals surface area contributed by atoms with Crippen LogP contribution in [0.5, 0.6) is 0 Å². The molecule has 0 spiro atoms. The maximum absolute atomic E-state index is 5.73. The van der Waals surface area contributed by atoms with Crippen molar-refractivity contribution in [1.29, 1.82) is 0 Å². The molecule has 1 fully saturated rings. The summed E-state index contributed by atoms with van der Waals surface area (Å²) in [5.74, 6) is 0.935. The van der Waals surface area contributed by atoms with E-state index in [1.807, 2.05) is 0 Å². The molecule has 0 amide bonds. The molecular formula is C15H20N2O. The normalized spacial score (nSPS) is 27.1. The summed E-state index contributed by atoms with van der Waals surface area (Å²) < 4.78 is 5.73. The third-order valence-electron chi connectivity index (χ3n) is 3.68. The monoisotopic (exact) mass is 244 g/mol. The van der Waals surface area contributed by atoms with Crippen LogP contribution in [-0.2, 0) is 11.2 Å². The minimum atomic E-state index is 0.296. The Kier molecular flexibility index (Phi) is 3.33. The number of benzene rings is 1. The summed E-state index contributed by atoms with van der Waals surface area (Å²) in [6, 6.07) is 9.37. The Morgan fingerprint density at radius 2 is 2.17 bits per heavy atom. The van der Waals surface area contributed by atoms with Crippen molar-refractivity contribution in [1.82, 2.24) is 5.32 Å². The Morgan fingerprint density at radius 1 is 1.33 bits per heavy atom. The van der Waals surface area contributed by atoms with E-state index in [1.54, 1.807) is 0 Å². The SMILES string of the molecule is Cc1ccc(CC2COC(C3CCCN3)=N2)cc1. The van der Waals surface area contributed by atoms with Gasteiger partial charge in [0.15, 0.2) is 0 Å². The molecule has 3 heteroatoms. The number of ether oxygens (including phenoxy) is 1. The summed E-state index contributed by atoms with van der Waals surface area (Å²) in [6.07, 6.45) is 3.38. The smallest absolute Gasteiger partial charge is 0.201 e. The quantitative estimate of drug-likeness (QED) is 0.883. The molecule has 2 aliphatic heterocycles. The molecule has 2 heterocycles. The van der Waals surface area contributed by atoms with Gasteiger partial charge in [-0.05, 0) is 38.3 Å². The second-order valence-corrected chi connectivity index (χ2v) is 5.27. The van der Waals surface area contributed by atoms with E-state index >= 15 is 0 Å². The zero-order valence-corrected chi connectivity index (χ0v) is 10.9. The summed E-state index contributed by atoms with van der Waals surface area (Å²) in [6.45, 7) is 3.95. The molecule has 0 aromatic heterocycles. The molecule has 1 N–H and O–H groups in total. The summed E-state index contributed by atoms with van der Waals surface area (Å²) in [5, 5.41) is 3.43. The number of aryl methyl sites for hydroxylation is 1. The zero-order valence-electron chi connectivity index (χ0n) is 10.9. The van der Waals surface area contributed by atoms with Gasteiger partial charge in [0.25, 0.3) is 0 Å². The number of nitrogens with zero attached hydrogens (tertiary/aromatic N) is 1. The number of hydrogen-bond donors (Lipinski definition) is 1. The first kappa shape index (κ1) is 11.7. The van der Waals surface area contributed by atoms with E-state index in [4.69, 9.17) is 9.73 Å². The highest BCUT2D eigenvalue weighted by molar-refractivity contribution is 5.83. The third kappa shape index (κ3) is 2.56.